The molecule has 1 aromatic heterocycles. The summed E-state index contributed by atoms with van der Waals surface area (Å²) in [6.45, 7) is 10.6. The molecule has 0 aliphatic heterocycles. The van der Waals surface area contributed by atoms with Gasteiger partial charge >= 0.3 is 0 Å². The molecule has 0 aliphatic rings. The van der Waals surface area contributed by atoms with Crippen LogP contribution in [-0.2, 0) is 17.8 Å². The van der Waals surface area contributed by atoms with Crippen LogP contribution < -0.4 is 5.32 Å². The maximum absolute atomic E-state index is 5.58. The quantitative estimate of drug-likeness (QED) is 0.722. The number of rotatable bonds is 8. The van der Waals surface area contributed by atoms with Gasteiger partial charge in [-0.05, 0) is 46.7 Å². The summed E-state index contributed by atoms with van der Waals surface area (Å²) in [5.74, 6) is 1.25. The van der Waals surface area contributed by atoms with E-state index in [0.717, 1.165) is 32.4 Å². The number of nitrogens with one attached hydrogen (secondary N) is 1. The van der Waals surface area contributed by atoms with Crippen molar-refractivity contribution < 1.29 is 9.15 Å². The molecule has 1 N–H and O–H groups in total. The highest BCUT2D eigenvalue weighted by atomic mass is 16.5. The molecule has 0 radical (unpaired) electrons. The molecule has 0 saturated heterocycles. The lowest BCUT2D eigenvalue weighted by Gasteiger charge is -2.17. The molecule has 0 aliphatic carbocycles. The Balaban J connectivity index is 2.22. The zero-order chi connectivity index (χ0) is 13.4. The summed E-state index contributed by atoms with van der Waals surface area (Å²) in [5.41, 5.74) is -0.182. The molecule has 5 heteroatoms. The first kappa shape index (κ1) is 15.1. The van der Waals surface area contributed by atoms with E-state index in [1.165, 1.54) is 0 Å². The molecule has 0 spiro atoms. The third kappa shape index (κ3) is 6.71. The minimum absolute atomic E-state index is 0.182. The van der Waals surface area contributed by atoms with E-state index >= 15 is 0 Å². The minimum atomic E-state index is -0.182. The summed E-state index contributed by atoms with van der Waals surface area (Å²) in [6, 6.07) is 0. The van der Waals surface area contributed by atoms with Gasteiger partial charge in [-0.15, -0.1) is 10.2 Å². The molecular formula is C13H25N3O2. The van der Waals surface area contributed by atoms with Crippen molar-refractivity contribution in [1.29, 1.82) is 0 Å². The number of hydrogen-bond acceptors (Lipinski definition) is 5. The first-order valence-corrected chi connectivity index (χ1v) is 6.67. The SMILES string of the molecule is CCCNCCCc1nnc(COC(C)(C)C)o1. The Bertz CT molecular complexity index is 331. The van der Waals surface area contributed by atoms with Crippen LogP contribution in [0.3, 0.4) is 0 Å². The van der Waals surface area contributed by atoms with Crippen LogP contribution in [0, 0.1) is 0 Å². The Hall–Kier alpha value is -0.940. The molecular weight excluding hydrogens is 230 g/mol. The van der Waals surface area contributed by atoms with Crippen LogP contribution in [0.15, 0.2) is 4.42 Å². The topological polar surface area (TPSA) is 60.2 Å². The van der Waals surface area contributed by atoms with E-state index in [0.29, 0.717) is 18.4 Å². The van der Waals surface area contributed by atoms with E-state index in [9.17, 15) is 0 Å². The third-order valence-electron chi connectivity index (χ3n) is 2.31. The van der Waals surface area contributed by atoms with Gasteiger partial charge in [0.15, 0.2) is 0 Å². The summed E-state index contributed by atoms with van der Waals surface area (Å²) < 4.78 is 11.1. The van der Waals surface area contributed by atoms with Crippen molar-refractivity contribution in [2.24, 2.45) is 0 Å². The number of hydrogen-bond donors (Lipinski definition) is 1. The number of ether oxygens (including phenoxy) is 1. The maximum atomic E-state index is 5.58. The lowest BCUT2D eigenvalue weighted by molar-refractivity contribution is -0.0247. The van der Waals surface area contributed by atoms with Crippen molar-refractivity contribution in [2.45, 2.75) is 59.2 Å². The van der Waals surface area contributed by atoms with Crippen LogP contribution >= 0.6 is 0 Å². The lowest BCUT2D eigenvalue weighted by atomic mass is 10.2. The third-order valence-corrected chi connectivity index (χ3v) is 2.31. The number of nitrogens with zero attached hydrogens (tertiary/aromatic N) is 2. The number of aryl methyl sites for hydroxylation is 1. The van der Waals surface area contributed by atoms with Crippen molar-refractivity contribution in [2.75, 3.05) is 13.1 Å². The Morgan fingerprint density at radius 3 is 2.56 bits per heavy atom. The highest BCUT2D eigenvalue weighted by Gasteiger charge is 2.13. The normalized spacial score (nSPS) is 12.0. The fourth-order valence-corrected chi connectivity index (χ4v) is 1.39. The summed E-state index contributed by atoms with van der Waals surface area (Å²) in [4.78, 5) is 0. The zero-order valence-corrected chi connectivity index (χ0v) is 12.0. The van der Waals surface area contributed by atoms with E-state index in [2.05, 4.69) is 22.4 Å². The van der Waals surface area contributed by atoms with Crippen LogP contribution in [0.1, 0.15) is 52.3 Å². The molecule has 18 heavy (non-hydrogen) atoms. The highest BCUT2D eigenvalue weighted by molar-refractivity contribution is 4.81. The van der Waals surface area contributed by atoms with Crippen LogP contribution in [0.5, 0.6) is 0 Å². The standard InChI is InChI=1S/C13H25N3O2/c1-5-8-14-9-6-7-11-15-16-12(18-11)10-17-13(2,3)4/h14H,5-10H2,1-4H3. The van der Waals surface area contributed by atoms with Gasteiger partial charge in [-0.2, -0.15) is 0 Å². The number of aromatic nitrogens is 2. The second kappa shape index (κ2) is 7.48. The average molecular weight is 255 g/mol. The summed E-state index contributed by atoms with van der Waals surface area (Å²) >= 11 is 0. The average Bonchev–Trinajstić information content (AvgIpc) is 2.73. The van der Waals surface area contributed by atoms with Crippen molar-refractivity contribution in [1.82, 2.24) is 15.5 Å². The summed E-state index contributed by atoms with van der Waals surface area (Å²) in [7, 11) is 0. The predicted molar refractivity (Wildman–Crippen MR) is 70.3 cm³/mol. The Morgan fingerprint density at radius 2 is 1.89 bits per heavy atom. The van der Waals surface area contributed by atoms with Gasteiger partial charge in [0, 0.05) is 6.42 Å². The molecule has 1 heterocycles. The van der Waals surface area contributed by atoms with Crippen LogP contribution in [-0.4, -0.2) is 28.9 Å². The molecule has 0 fully saturated rings. The van der Waals surface area contributed by atoms with Gasteiger partial charge < -0.3 is 14.5 Å². The fourth-order valence-electron chi connectivity index (χ4n) is 1.39. The first-order chi connectivity index (χ1) is 8.51. The van der Waals surface area contributed by atoms with Crippen LogP contribution in [0.2, 0.25) is 0 Å². The molecule has 0 saturated carbocycles. The van der Waals surface area contributed by atoms with Gasteiger partial charge in [-0.25, -0.2) is 0 Å². The lowest BCUT2D eigenvalue weighted by Crippen LogP contribution is -2.18. The molecule has 104 valence electrons. The molecule has 1 rings (SSSR count). The van der Waals surface area contributed by atoms with Gasteiger partial charge in [-0.3, -0.25) is 0 Å². The molecule has 0 unspecified atom stereocenters. The molecule has 0 bridgehead atoms. The van der Waals surface area contributed by atoms with Crippen LogP contribution in [0.4, 0.5) is 0 Å². The van der Waals surface area contributed by atoms with E-state index in [1.807, 2.05) is 20.8 Å². The van der Waals surface area contributed by atoms with E-state index < -0.39 is 0 Å². The second-order valence-corrected chi connectivity index (χ2v) is 5.34. The van der Waals surface area contributed by atoms with Crippen molar-refractivity contribution in [3.8, 4) is 0 Å². The Morgan fingerprint density at radius 1 is 1.17 bits per heavy atom. The maximum Gasteiger partial charge on any atom is 0.242 e. The fraction of sp³-hybridized carbons (Fsp3) is 0.846. The van der Waals surface area contributed by atoms with Crippen molar-refractivity contribution >= 4 is 0 Å². The zero-order valence-electron chi connectivity index (χ0n) is 12.0. The van der Waals surface area contributed by atoms with Gasteiger partial charge in [0.2, 0.25) is 11.8 Å². The molecule has 1 aromatic rings. The summed E-state index contributed by atoms with van der Waals surface area (Å²) in [5, 5.41) is 11.3. The molecule has 0 amide bonds. The van der Waals surface area contributed by atoms with Gasteiger partial charge in [0.1, 0.15) is 6.61 Å². The smallest absolute Gasteiger partial charge is 0.242 e. The van der Waals surface area contributed by atoms with Gasteiger partial charge in [0.25, 0.3) is 0 Å². The van der Waals surface area contributed by atoms with E-state index in [-0.39, 0.29) is 5.60 Å². The van der Waals surface area contributed by atoms with Crippen molar-refractivity contribution in [3.63, 3.8) is 0 Å². The second-order valence-electron chi connectivity index (χ2n) is 5.34. The highest BCUT2D eigenvalue weighted by Crippen LogP contribution is 2.11. The Labute approximate surface area is 109 Å². The van der Waals surface area contributed by atoms with Gasteiger partial charge in [0.05, 0.1) is 5.60 Å². The van der Waals surface area contributed by atoms with E-state index in [4.69, 9.17) is 9.15 Å². The monoisotopic (exact) mass is 255 g/mol. The van der Waals surface area contributed by atoms with Crippen LogP contribution in [0.25, 0.3) is 0 Å². The molecule has 0 aromatic carbocycles. The van der Waals surface area contributed by atoms with Gasteiger partial charge in [-0.1, -0.05) is 6.92 Å². The molecule has 0 atom stereocenters. The predicted octanol–water partition coefficient (Wildman–Crippen LogP) is 2.32. The summed E-state index contributed by atoms with van der Waals surface area (Å²) in [6.07, 6.45) is 3.00. The Kier molecular flexibility index (Phi) is 6.29. The first-order valence-electron chi connectivity index (χ1n) is 6.67. The minimum Gasteiger partial charge on any atom is -0.423 e. The largest absolute Gasteiger partial charge is 0.423 e. The van der Waals surface area contributed by atoms with Crippen molar-refractivity contribution in [3.05, 3.63) is 11.8 Å². The van der Waals surface area contributed by atoms with E-state index in [1.54, 1.807) is 0 Å². The molecule has 5 nitrogen and oxygen atoms in total.